The molecule has 3 N–H and O–H groups in total. The summed E-state index contributed by atoms with van der Waals surface area (Å²) in [6, 6.07) is 10.3. The molecule has 0 unspecified atom stereocenters. The molecular formula is C15H15NO4. The van der Waals surface area contributed by atoms with Gasteiger partial charge < -0.3 is 20.2 Å². The van der Waals surface area contributed by atoms with Gasteiger partial charge in [0.25, 0.3) is 5.91 Å². The summed E-state index contributed by atoms with van der Waals surface area (Å²) in [7, 11) is 1.60. The van der Waals surface area contributed by atoms with Crippen molar-refractivity contribution in [1.29, 1.82) is 0 Å². The first-order chi connectivity index (χ1) is 9.47. The van der Waals surface area contributed by atoms with Gasteiger partial charge in [-0.05, 0) is 35.9 Å². The number of hydrogen-bond acceptors (Lipinski definition) is 4. The quantitative estimate of drug-likeness (QED) is 0.748. The van der Waals surface area contributed by atoms with Crippen LogP contribution in [0.2, 0.25) is 0 Å². The summed E-state index contributed by atoms with van der Waals surface area (Å²) in [6.07, 6.45) is 0. The molecule has 0 saturated heterocycles. The minimum atomic E-state index is -0.397. The summed E-state index contributed by atoms with van der Waals surface area (Å²) in [6.45, 7) is 0.328. The predicted molar refractivity (Wildman–Crippen MR) is 73.7 cm³/mol. The van der Waals surface area contributed by atoms with Crippen LogP contribution in [0.1, 0.15) is 15.9 Å². The second kappa shape index (κ2) is 5.52. The fraction of sp³-hybridized carbons (Fsp3) is 0.133. The molecule has 2 rings (SSSR count). The van der Waals surface area contributed by atoms with E-state index in [0.29, 0.717) is 6.54 Å². The maximum absolute atomic E-state index is 12.2. The number of aromatic hydroxyl groups is 3. The molecule has 0 radical (unpaired) electrons. The standard InChI is InChI=1S/C15H15NO4/c1-16(9-10-2-4-11(17)5-3-10)15(20)13-8-12(18)6-7-14(13)19/h2-8,17-19H,9H2,1H3. The van der Waals surface area contributed by atoms with Gasteiger partial charge in [0, 0.05) is 13.6 Å². The van der Waals surface area contributed by atoms with Gasteiger partial charge >= 0.3 is 0 Å². The van der Waals surface area contributed by atoms with Gasteiger partial charge in [-0.1, -0.05) is 12.1 Å². The van der Waals surface area contributed by atoms with E-state index >= 15 is 0 Å². The molecular weight excluding hydrogens is 258 g/mol. The van der Waals surface area contributed by atoms with Crippen LogP contribution >= 0.6 is 0 Å². The molecule has 0 fully saturated rings. The van der Waals surface area contributed by atoms with Gasteiger partial charge in [0.1, 0.15) is 17.2 Å². The van der Waals surface area contributed by atoms with E-state index in [9.17, 15) is 20.1 Å². The zero-order chi connectivity index (χ0) is 14.7. The monoisotopic (exact) mass is 273 g/mol. The first-order valence-corrected chi connectivity index (χ1v) is 6.02. The van der Waals surface area contributed by atoms with E-state index in [2.05, 4.69) is 0 Å². The van der Waals surface area contributed by atoms with E-state index in [1.165, 1.54) is 23.1 Å². The van der Waals surface area contributed by atoms with Crippen LogP contribution in [-0.2, 0) is 6.54 Å². The molecule has 0 aliphatic heterocycles. The fourth-order valence-corrected chi connectivity index (χ4v) is 1.85. The van der Waals surface area contributed by atoms with E-state index in [-0.39, 0.29) is 22.8 Å². The van der Waals surface area contributed by atoms with Gasteiger partial charge in [-0.15, -0.1) is 0 Å². The maximum atomic E-state index is 12.2. The first-order valence-electron chi connectivity index (χ1n) is 6.02. The third-order valence-corrected chi connectivity index (χ3v) is 2.91. The lowest BCUT2D eigenvalue weighted by Gasteiger charge is -2.18. The summed E-state index contributed by atoms with van der Waals surface area (Å²) in [5.41, 5.74) is 0.893. The van der Waals surface area contributed by atoms with E-state index in [1.807, 2.05) is 0 Å². The molecule has 2 aromatic rings. The van der Waals surface area contributed by atoms with Gasteiger partial charge in [-0.2, -0.15) is 0 Å². The molecule has 0 atom stereocenters. The fourth-order valence-electron chi connectivity index (χ4n) is 1.85. The van der Waals surface area contributed by atoms with Crippen molar-refractivity contribution in [2.75, 3.05) is 7.05 Å². The van der Waals surface area contributed by atoms with Gasteiger partial charge in [0.15, 0.2) is 0 Å². The Morgan fingerprint density at radius 2 is 1.60 bits per heavy atom. The van der Waals surface area contributed by atoms with Gasteiger partial charge in [-0.25, -0.2) is 0 Å². The summed E-state index contributed by atoms with van der Waals surface area (Å²) < 4.78 is 0. The molecule has 0 aliphatic rings. The number of hydrogen-bond donors (Lipinski definition) is 3. The lowest BCUT2D eigenvalue weighted by Crippen LogP contribution is -2.26. The first kappa shape index (κ1) is 13.7. The van der Waals surface area contributed by atoms with Crippen LogP contribution in [0, 0.1) is 0 Å². The number of benzene rings is 2. The van der Waals surface area contributed by atoms with Gasteiger partial charge in [0.2, 0.25) is 0 Å². The maximum Gasteiger partial charge on any atom is 0.257 e. The summed E-state index contributed by atoms with van der Waals surface area (Å²) in [5.74, 6) is -0.491. The average molecular weight is 273 g/mol. The lowest BCUT2D eigenvalue weighted by atomic mass is 10.1. The SMILES string of the molecule is CN(Cc1ccc(O)cc1)C(=O)c1cc(O)ccc1O. The van der Waals surface area contributed by atoms with Crippen molar-refractivity contribution >= 4 is 5.91 Å². The Labute approximate surface area is 116 Å². The van der Waals surface area contributed by atoms with Crippen molar-refractivity contribution in [1.82, 2.24) is 4.90 Å². The molecule has 0 aliphatic carbocycles. The van der Waals surface area contributed by atoms with Gasteiger partial charge in [-0.3, -0.25) is 4.79 Å². The minimum Gasteiger partial charge on any atom is -0.508 e. The van der Waals surface area contributed by atoms with Crippen LogP contribution in [0.5, 0.6) is 17.2 Å². The van der Waals surface area contributed by atoms with Crippen LogP contribution in [0.15, 0.2) is 42.5 Å². The third-order valence-electron chi connectivity index (χ3n) is 2.91. The van der Waals surface area contributed by atoms with E-state index < -0.39 is 5.91 Å². The predicted octanol–water partition coefficient (Wildman–Crippen LogP) is 2.08. The number of carbonyl (C=O) groups is 1. The van der Waals surface area contributed by atoms with Crippen molar-refractivity contribution < 1.29 is 20.1 Å². The summed E-state index contributed by atoms with van der Waals surface area (Å²) in [5, 5.41) is 28.2. The Morgan fingerprint density at radius 3 is 2.25 bits per heavy atom. The molecule has 0 saturated carbocycles. The second-order valence-corrected chi connectivity index (χ2v) is 4.53. The van der Waals surface area contributed by atoms with E-state index in [0.717, 1.165) is 5.56 Å². The molecule has 5 heteroatoms. The van der Waals surface area contributed by atoms with E-state index in [1.54, 1.807) is 31.3 Å². The van der Waals surface area contributed by atoms with Crippen LogP contribution < -0.4 is 0 Å². The lowest BCUT2D eigenvalue weighted by molar-refractivity contribution is 0.0781. The molecule has 0 heterocycles. The number of carbonyl (C=O) groups excluding carboxylic acids is 1. The molecule has 5 nitrogen and oxygen atoms in total. The molecule has 1 amide bonds. The highest BCUT2D eigenvalue weighted by molar-refractivity contribution is 5.97. The Morgan fingerprint density at radius 1 is 1.00 bits per heavy atom. The Bertz CT molecular complexity index is 622. The number of rotatable bonds is 3. The van der Waals surface area contributed by atoms with Crippen LogP contribution in [0.25, 0.3) is 0 Å². The van der Waals surface area contributed by atoms with Crippen molar-refractivity contribution in [3.63, 3.8) is 0 Å². The highest BCUT2D eigenvalue weighted by Crippen LogP contribution is 2.23. The second-order valence-electron chi connectivity index (χ2n) is 4.53. The number of nitrogens with zero attached hydrogens (tertiary/aromatic N) is 1. The van der Waals surface area contributed by atoms with Crippen molar-refractivity contribution in [2.45, 2.75) is 6.54 Å². The van der Waals surface area contributed by atoms with E-state index in [4.69, 9.17) is 0 Å². The largest absolute Gasteiger partial charge is 0.508 e. The average Bonchev–Trinajstić information content (AvgIpc) is 2.43. The van der Waals surface area contributed by atoms with Gasteiger partial charge in [0.05, 0.1) is 5.56 Å². The molecule has 0 bridgehead atoms. The summed E-state index contributed by atoms with van der Waals surface area (Å²) >= 11 is 0. The van der Waals surface area contributed by atoms with Crippen LogP contribution in [0.4, 0.5) is 0 Å². The van der Waals surface area contributed by atoms with Crippen molar-refractivity contribution in [3.8, 4) is 17.2 Å². The molecule has 2 aromatic carbocycles. The summed E-state index contributed by atoms with van der Waals surface area (Å²) in [4.78, 5) is 13.6. The highest BCUT2D eigenvalue weighted by Gasteiger charge is 2.16. The Kier molecular flexibility index (Phi) is 3.79. The molecule has 104 valence electrons. The van der Waals surface area contributed by atoms with Crippen molar-refractivity contribution in [2.24, 2.45) is 0 Å². The molecule has 0 spiro atoms. The third kappa shape index (κ3) is 3.00. The highest BCUT2D eigenvalue weighted by atomic mass is 16.3. The van der Waals surface area contributed by atoms with Crippen LogP contribution in [0.3, 0.4) is 0 Å². The normalized spacial score (nSPS) is 10.2. The topological polar surface area (TPSA) is 81.0 Å². The number of phenols is 3. The smallest absolute Gasteiger partial charge is 0.257 e. The number of phenolic OH excluding ortho intramolecular Hbond substituents is 3. The Balaban J connectivity index is 2.16. The van der Waals surface area contributed by atoms with Crippen molar-refractivity contribution in [3.05, 3.63) is 53.6 Å². The zero-order valence-electron chi connectivity index (χ0n) is 10.9. The van der Waals surface area contributed by atoms with Crippen LogP contribution in [-0.4, -0.2) is 33.2 Å². The number of amides is 1. The molecule has 20 heavy (non-hydrogen) atoms. The Hall–Kier alpha value is -2.69. The zero-order valence-corrected chi connectivity index (χ0v) is 10.9. The molecule has 0 aromatic heterocycles. The minimum absolute atomic E-state index is 0.0475.